The number of thioether (sulfide) groups is 1. The molecule has 0 aliphatic rings. The smallest absolute Gasteiger partial charge is 0.330 e. The molecule has 0 saturated carbocycles. The van der Waals surface area contributed by atoms with Crippen molar-refractivity contribution in [2.24, 2.45) is 5.73 Å². The summed E-state index contributed by atoms with van der Waals surface area (Å²) >= 11 is 1.67. The summed E-state index contributed by atoms with van der Waals surface area (Å²) in [5, 5.41) is 20.2. The number of nitrogen functional groups attached to an aromatic ring is 1. The number of benzene rings is 2. The Kier molecular flexibility index (Phi) is 8.01. The van der Waals surface area contributed by atoms with Gasteiger partial charge in [0.15, 0.2) is 6.04 Å². The Morgan fingerprint density at radius 3 is 2.39 bits per heavy atom. The van der Waals surface area contributed by atoms with Crippen LogP contribution < -0.4 is 20.5 Å². The second-order valence-corrected chi connectivity index (χ2v) is 6.90. The molecule has 1 atom stereocenters. The maximum atomic E-state index is 11.9. The molecule has 0 unspecified atom stereocenters. The van der Waals surface area contributed by atoms with Crippen molar-refractivity contribution >= 4 is 29.3 Å². The zero-order valence-electron chi connectivity index (χ0n) is 15.9. The number of aliphatic carboxylic acids is 1. The zero-order valence-corrected chi connectivity index (χ0v) is 16.7. The second-order valence-electron chi connectivity index (χ2n) is 5.92. The fourth-order valence-electron chi connectivity index (χ4n) is 2.54. The van der Waals surface area contributed by atoms with Gasteiger partial charge in [-0.3, -0.25) is 5.41 Å². The standard InChI is InChI=1S/C20H25N3O4S/c1-3-26-16-10-14(11-17(12-16)27-8-9-28-2)18(20(24)25)23-15-6-4-13(5-7-15)19(21)22/h4-7,10-12,18,23H,3,8-9H2,1-2H3,(H3,21,22)(H,24,25)/t18-/m1/s1. The lowest BCUT2D eigenvalue weighted by atomic mass is 10.1. The van der Waals surface area contributed by atoms with Crippen molar-refractivity contribution in [3.8, 4) is 11.5 Å². The SMILES string of the molecule is CCOc1cc(OCCSC)cc([C@@H](Nc2ccc(C(=N)N)cc2)C(=O)O)c1. The molecule has 0 radical (unpaired) electrons. The van der Waals surface area contributed by atoms with Gasteiger partial charge in [0, 0.05) is 23.1 Å². The second kappa shape index (κ2) is 10.5. The minimum Gasteiger partial charge on any atom is -0.494 e. The van der Waals surface area contributed by atoms with Crippen LogP contribution in [-0.2, 0) is 4.79 Å². The quantitative estimate of drug-likeness (QED) is 0.258. The van der Waals surface area contributed by atoms with Crippen LogP contribution >= 0.6 is 11.8 Å². The third-order valence-corrected chi connectivity index (χ3v) is 4.43. The summed E-state index contributed by atoms with van der Waals surface area (Å²) in [4.78, 5) is 11.9. The predicted molar refractivity (Wildman–Crippen MR) is 113 cm³/mol. The van der Waals surface area contributed by atoms with Crippen molar-refractivity contribution in [3.63, 3.8) is 0 Å². The fraction of sp³-hybridized carbons (Fsp3) is 0.300. The van der Waals surface area contributed by atoms with E-state index in [2.05, 4.69) is 5.32 Å². The number of carbonyl (C=O) groups is 1. The highest BCUT2D eigenvalue weighted by Gasteiger charge is 2.21. The maximum Gasteiger partial charge on any atom is 0.330 e. The van der Waals surface area contributed by atoms with Crippen LogP contribution in [0.15, 0.2) is 42.5 Å². The van der Waals surface area contributed by atoms with Crippen LogP contribution in [0.4, 0.5) is 5.69 Å². The van der Waals surface area contributed by atoms with Crippen LogP contribution in [0.3, 0.4) is 0 Å². The summed E-state index contributed by atoms with van der Waals surface area (Å²) < 4.78 is 11.3. The van der Waals surface area contributed by atoms with E-state index in [-0.39, 0.29) is 5.84 Å². The molecule has 2 rings (SSSR count). The summed E-state index contributed by atoms with van der Waals surface area (Å²) in [7, 11) is 0. The lowest BCUT2D eigenvalue weighted by molar-refractivity contribution is -0.138. The number of carboxylic acid groups (broad SMARTS) is 1. The topological polar surface area (TPSA) is 118 Å². The Morgan fingerprint density at radius 1 is 1.21 bits per heavy atom. The Balaban J connectivity index is 2.29. The van der Waals surface area contributed by atoms with E-state index < -0.39 is 12.0 Å². The summed E-state index contributed by atoms with van der Waals surface area (Å²) in [5.74, 6) is 0.878. The van der Waals surface area contributed by atoms with Crippen LogP contribution in [0.1, 0.15) is 24.1 Å². The first-order chi connectivity index (χ1) is 13.4. The zero-order chi connectivity index (χ0) is 20.5. The van der Waals surface area contributed by atoms with Gasteiger partial charge < -0.3 is 25.6 Å². The molecular weight excluding hydrogens is 378 g/mol. The fourth-order valence-corrected chi connectivity index (χ4v) is 2.79. The van der Waals surface area contributed by atoms with Crippen molar-refractivity contribution in [2.45, 2.75) is 13.0 Å². The third kappa shape index (κ3) is 6.09. The first-order valence-electron chi connectivity index (χ1n) is 8.78. The molecule has 2 aromatic rings. The summed E-state index contributed by atoms with van der Waals surface area (Å²) in [6, 6.07) is 10.9. The number of hydrogen-bond acceptors (Lipinski definition) is 6. The minimum absolute atomic E-state index is 0.0437. The van der Waals surface area contributed by atoms with Gasteiger partial charge >= 0.3 is 5.97 Å². The molecule has 0 aromatic heterocycles. The van der Waals surface area contributed by atoms with Gasteiger partial charge in [0.05, 0.1) is 13.2 Å². The molecule has 0 heterocycles. The van der Waals surface area contributed by atoms with Crippen molar-refractivity contribution in [1.82, 2.24) is 0 Å². The molecule has 2 aromatic carbocycles. The van der Waals surface area contributed by atoms with Crippen LogP contribution in [0.2, 0.25) is 0 Å². The van der Waals surface area contributed by atoms with Gasteiger partial charge in [-0.1, -0.05) is 0 Å². The summed E-state index contributed by atoms with van der Waals surface area (Å²) in [6.07, 6.45) is 1.99. The van der Waals surface area contributed by atoms with Crippen LogP contribution in [-0.4, -0.2) is 42.1 Å². The Morgan fingerprint density at radius 2 is 1.86 bits per heavy atom. The predicted octanol–water partition coefficient (Wildman–Crippen LogP) is 3.35. The Hall–Kier alpha value is -2.87. The molecule has 5 N–H and O–H groups in total. The monoisotopic (exact) mass is 403 g/mol. The number of rotatable bonds is 11. The van der Waals surface area contributed by atoms with Gasteiger partial charge in [0.2, 0.25) is 0 Å². The lowest BCUT2D eigenvalue weighted by Gasteiger charge is -2.19. The van der Waals surface area contributed by atoms with Gasteiger partial charge in [-0.25, -0.2) is 4.79 Å². The number of carboxylic acids is 1. The van der Waals surface area contributed by atoms with Crippen LogP contribution in [0.25, 0.3) is 0 Å². The van der Waals surface area contributed by atoms with Gasteiger partial charge in [-0.2, -0.15) is 11.8 Å². The first-order valence-corrected chi connectivity index (χ1v) is 10.2. The first kappa shape index (κ1) is 21.4. The number of nitrogens with one attached hydrogen (secondary N) is 2. The van der Waals surface area contributed by atoms with Crippen molar-refractivity contribution in [2.75, 3.05) is 30.5 Å². The highest BCUT2D eigenvalue weighted by atomic mass is 32.2. The maximum absolute atomic E-state index is 11.9. The molecular formula is C20H25N3O4S. The average molecular weight is 404 g/mol. The molecule has 0 aliphatic carbocycles. The van der Waals surface area contributed by atoms with Crippen molar-refractivity contribution in [1.29, 1.82) is 5.41 Å². The number of nitrogens with two attached hydrogens (primary N) is 1. The van der Waals surface area contributed by atoms with E-state index in [1.54, 1.807) is 54.2 Å². The van der Waals surface area contributed by atoms with Gasteiger partial charge in [-0.15, -0.1) is 0 Å². The lowest BCUT2D eigenvalue weighted by Crippen LogP contribution is -2.21. The van der Waals surface area contributed by atoms with E-state index in [0.717, 1.165) is 5.75 Å². The molecule has 8 heteroatoms. The van der Waals surface area contributed by atoms with Crippen LogP contribution in [0.5, 0.6) is 11.5 Å². The molecule has 0 spiro atoms. The number of amidine groups is 1. The van der Waals surface area contributed by atoms with Crippen molar-refractivity contribution in [3.05, 3.63) is 53.6 Å². The Bertz CT molecular complexity index is 812. The van der Waals surface area contributed by atoms with Gasteiger partial charge in [-0.05, 0) is 55.1 Å². The highest BCUT2D eigenvalue weighted by Crippen LogP contribution is 2.29. The molecule has 150 valence electrons. The molecule has 0 aliphatic heterocycles. The van der Waals surface area contributed by atoms with E-state index in [1.807, 2.05) is 13.2 Å². The average Bonchev–Trinajstić information content (AvgIpc) is 2.66. The normalized spacial score (nSPS) is 11.5. The van der Waals surface area contributed by atoms with Crippen molar-refractivity contribution < 1.29 is 19.4 Å². The number of ether oxygens (including phenoxy) is 2. The van der Waals surface area contributed by atoms with E-state index in [0.29, 0.717) is 41.5 Å². The van der Waals surface area contributed by atoms with Gasteiger partial charge in [0.1, 0.15) is 17.3 Å². The Labute approximate surface area is 168 Å². The molecule has 0 amide bonds. The van der Waals surface area contributed by atoms with E-state index in [4.69, 9.17) is 20.6 Å². The van der Waals surface area contributed by atoms with Crippen LogP contribution in [0, 0.1) is 5.41 Å². The van der Waals surface area contributed by atoms with E-state index in [1.165, 1.54) is 0 Å². The summed E-state index contributed by atoms with van der Waals surface area (Å²) in [6.45, 7) is 2.85. The summed E-state index contributed by atoms with van der Waals surface area (Å²) in [5.41, 5.74) is 7.15. The number of anilines is 1. The molecule has 0 bridgehead atoms. The third-order valence-electron chi connectivity index (χ3n) is 3.86. The van der Waals surface area contributed by atoms with Gasteiger partial charge in [0.25, 0.3) is 0 Å². The van der Waals surface area contributed by atoms with E-state index >= 15 is 0 Å². The molecule has 0 fully saturated rings. The largest absolute Gasteiger partial charge is 0.494 e. The molecule has 0 saturated heterocycles. The minimum atomic E-state index is -1.03. The highest BCUT2D eigenvalue weighted by molar-refractivity contribution is 7.98. The number of hydrogen-bond donors (Lipinski definition) is 4. The molecule has 28 heavy (non-hydrogen) atoms. The van der Waals surface area contributed by atoms with E-state index in [9.17, 15) is 9.90 Å². The molecule has 7 nitrogen and oxygen atoms in total.